The molecule has 44 heavy (non-hydrogen) atoms. The largest absolute Gasteiger partial charge is 0.493 e. The Morgan fingerprint density at radius 3 is 2.55 bits per heavy atom. The zero-order chi connectivity index (χ0) is 31.9. The van der Waals surface area contributed by atoms with Crippen LogP contribution in [0, 0.1) is 17.7 Å². The number of amides is 2. The van der Waals surface area contributed by atoms with Gasteiger partial charge in [-0.25, -0.2) is 9.37 Å². The summed E-state index contributed by atoms with van der Waals surface area (Å²) in [6, 6.07) is 10.2. The first-order valence-electron chi connectivity index (χ1n) is 13.4. The van der Waals surface area contributed by atoms with Crippen molar-refractivity contribution >= 4 is 11.8 Å². The number of benzene rings is 2. The van der Waals surface area contributed by atoms with Crippen molar-refractivity contribution in [3.8, 4) is 29.1 Å². The molecule has 1 aromatic heterocycles. The van der Waals surface area contributed by atoms with Crippen molar-refractivity contribution in [2.75, 3.05) is 20.3 Å². The molecule has 230 valence electrons. The van der Waals surface area contributed by atoms with E-state index in [2.05, 4.69) is 22.1 Å². The van der Waals surface area contributed by atoms with E-state index < -0.39 is 47.1 Å². The highest BCUT2D eigenvalue weighted by molar-refractivity contribution is 5.95. The molecule has 0 radical (unpaired) electrons. The fourth-order valence-corrected chi connectivity index (χ4v) is 4.50. The number of methoxy groups -OCH3 is 1. The Hall–Kier alpha value is -4.83. The van der Waals surface area contributed by atoms with E-state index in [1.807, 2.05) is 0 Å². The Kier molecular flexibility index (Phi) is 7.90. The van der Waals surface area contributed by atoms with Gasteiger partial charge in [0, 0.05) is 16.7 Å². The van der Waals surface area contributed by atoms with Gasteiger partial charge >= 0.3 is 6.18 Å². The van der Waals surface area contributed by atoms with Crippen molar-refractivity contribution in [3.63, 3.8) is 0 Å². The number of nitrogens with two attached hydrogens (primary N) is 1. The van der Waals surface area contributed by atoms with Gasteiger partial charge in [0.1, 0.15) is 17.8 Å². The molecule has 1 aliphatic heterocycles. The molecule has 13 heteroatoms. The predicted molar refractivity (Wildman–Crippen MR) is 148 cm³/mol. The quantitative estimate of drug-likeness (QED) is 0.262. The summed E-state index contributed by atoms with van der Waals surface area (Å²) < 4.78 is 74.0. The van der Waals surface area contributed by atoms with Gasteiger partial charge in [0.15, 0.2) is 22.9 Å². The van der Waals surface area contributed by atoms with E-state index in [0.29, 0.717) is 5.75 Å². The third kappa shape index (κ3) is 5.85. The van der Waals surface area contributed by atoms with Crippen LogP contribution in [0.4, 0.5) is 17.6 Å². The molecule has 2 amide bonds. The van der Waals surface area contributed by atoms with Crippen LogP contribution in [0.15, 0.2) is 48.5 Å². The van der Waals surface area contributed by atoms with Gasteiger partial charge in [-0.05, 0) is 68.2 Å². The summed E-state index contributed by atoms with van der Waals surface area (Å²) >= 11 is 0. The highest BCUT2D eigenvalue weighted by atomic mass is 19.4. The Balaban J connectivity index is 1.52. The number of aliphatic hydroxyl groups is 1. The minimum absolute atomic E-state index is 0.0375. The summed E-state index contributed by atoms with van der Waals surface area (Å²) in [7, 11) is 1.36. The number of hydrogen-bond acceptors (Lipinski definition) is 7. The van der Waals surface area contributed by atoms with Crippen LogP contribution in [0.5, 0.6) is 17.2 Å². The molecule has 2 aliphatic rings. The van der Waals surface area contributed by atoms with E-state index in [0.717, 1.165) is 25.0 Å². The van der Waals surface area contributed by atoms with Gasteiger partial charge < -0.3 is 30.4 Å². The number of hydrogen-bond donors (Lipinski definition) is 3. The van der Waals surface area contributed by atoms with Crippen LogP contribution in [0.2, 0.25) is 0 Å². The van der Waals surface area contributed by atoms with Crippen LogP contribution in [0.1, 0.15) is 52.6 Å². The van der Waals surface area contributed by atoms with E-state index >= 15 is 0 Å². The third-order valence-corrected chi connectivity index (χ3v) is 7.41. The molecule has 1 saturated carbocycles. The number of carbonyl (C=O) groups is 2. The number of nitrogens with zero attached hydrogens (tertiary/aromatic N) is 1. The number of alkyl halides is 3. The summed E-state index contributed by atoms with van der Waals surface area (Å²) in [6.07, 6.45) is -3.57. The second kappa shape index (κ2) is 11.3. The molecule has 3 aromatic rings. The first-order chi connectivity index (χ1) is 20.7. The summed E-state index contributed by atoms with van der Waals surface area (Å²) in [5.74, 6) is 3.22. The Morgan fingerprint density at radius 2 is 1.91 bits per heavy atom. The summed E-state index contributed by atoms with van der Waals surface area (Å²) in [5.41, 5.74) is -1.01. The Morgan fingerprint density at radius 1 is 1.16 bits per heavy atom. The number of aromatic nitrogens is 1. The van der Waals surface area contributed by atoms with Crippen molar-refractivity contribution in [1.29, 1.82) is 0 Å². The second-order valence-corrected chi connectivity index (χ2v) is 10.7. The summed E-state index contributed by atoms with van der Waals surface area (Å²) in [6.45, 7) is -0.303. The molecule has 0 saturated heterocycles. The molecule has 1 fully saturated rings. The van der Waals surface area contributed by atoms with Gasteiger partial charge in [-0.1, -0.05) is 12.0 Å². The van der Waals surface area contributed by atoms with Crippen molar-refractivity contribution in [3.05, 3.63) is 82.4 Å². The average Bonchev–Trinajstić information content (AvgIpc) is 3.73. The van der Waals surface area contributed by atoms with Crippen LogP contribution in [0.3, 0.4) is 0 Å². The maximum absolute atomic E-state index is 14.6. The van der Waals surface area contributed by atoms with Crippen molar-refractivity contribution in [2.24, 2.45) is 5.73 Å². The monoisotopic (exact) mass is 613 g/mol. The molecule has 5 rings (SSSR count). The Bertz CT molecular complexity index is 1700. The van der Waals surface area contributed by atoms with Gasteiger partial charge in [-0.3, -0.25) is 9.59 Å². The van der Waals surface area contributed by atoms with Gasteiger partial charge in [0.25, 0.3) is 5.91 Å². The molecule has 9 nitrogen and oxygen atoms in total. The molecule has 1 aliphatic carbocycles. The summed E-state index contributed by atoms with van der Waals surface area (Å²) in [4.78, 5) is 29.3. The first-order valence-corrected chi connectivity index (χ1v) is 13.4. The third-order valence-electron chi connectivity index (χ3n) is 7.41. The molecule has 2 aromatic carbocycles. The molecular weight excluding hydrogens is 586 g/mol. The van der Waals surface area contributed by atoms with Crippen molar-refractivity contribution in [1.82, 2.24) is 10.3 Å². The molecule has 2 atom stereocenters. The molecular formula is C31H27F4N3O6. The standard InChI is InChI=1S/C31H27F4N3O6/c1-29(28(36)40)16-43-26-21(29)14-25(38-22(26)10-6-17-4-3-5-19(32)12-17)30(41,31(33,34)35)15-37-27(39)18-7-11-23(24(13-18)42-2)44-20-8-9-20/h3-5,7,11-14,20,41H,8-9,15-16H2,1-2H3,(H2,36,40)(H,37,39)/t29-,30-/m0/s1. The topological polar surface area (TPSA) is 133 Å². The van der Waals surface area contributed by atoms with Crippen LogP contribution < -0.4 is 25.3 Å². The molecule has 0 spiro atoms. The number of rotatable bonds is 8. The van der Waals surface area contributed by atoms with Crippen LogP contribution in [-0.2, 0) is 15.8 Å². The number of primary amides is 1. The summed E-state index contributed by atoms with van der Waals surface area (Å²) in [5, 5.41) is 13.3. The SMILES string of the molecule is COc1cc(C(=O)NC[C@](O)(c2cc3c(c(C#Cc4cccc(F)c4)n2)OC[C@]3(C)C(N)=O)C(F)(F)F)ccc1OC1CC1. The highest BCUT2D eigenvalue weighted by Crippen LogP contribution is 2.45. The normalized spacial score (nSPS) is 18.6. The van der Waals surface area contributed by atoms with Gasteiger partial charge in [0.2, 0.25) is 11.5 Å². The number of fused-ring (bicyclic) bond motifs is 1. The molecule has 0 unspecified atom stereocenters. The lowest BCUT2D eigenvalue weighted by molar-refractivity contribution is -0.265. The fraction of sp³-hybridized carbons (Fsp3) is 0.323. The fourth-order valence-electron chi connectivity index (χ4n) is 4.50. The van der Waals surface area contributed by atoms with Gasteiger partial charge in [-0.15, -0.1) is 0 Å². The van der Waals surface area contributed by atoms with E-state index in [1.165, 1.54) is 50.4 Å². The molecule has 4 N–H and O–H groups in total. The number of pyridine rings is 1. The van der Waals surface area contributed by atoms with Gasteiger partial charge in [-0.2, -0.15) is 13.2 Å². The average molecular weight is 614 g/mol. The smallest absolute Gasteiger partial charge is 0.424 e. The van der Waals surface area contributed by atoms with E-state index in [9.17, 15) is 32.3 Å². The van der Waals surface area contributed by atoms with Crippen LogP contribution in [0.25, 0.3) is 0 Å². The van der Waals surface area contributed by atoms with Crippen LogP contribution in [-0.4, -0.2) is 54.4 Å². The zero-order valence-electron chi connectivity index (χ0n) is 23.5. The highest BCUT2D eigenvalue weighted by Gasteiger charge is 2.57. The maximum atomic E-state index is 14.6. The maximum Gasteiger partial charge on any atom is 0.424 e. The first kappa shape index (κ1) is 30.6. The number of nitrogens with one attached hydrogen (secondary N) is 1. The number of carbonyl (C=O) groups excluding carboxylic acids is 2. The minimum atomic E-state index is -5.36. The molecule has 2 heterocycles. The van der Waals surface area contributed by atoms with E-state index in [4.69, 9.17) is 19.9 Å². The lowest BCUT2D eigenvalue weighted by Gasteiger charge is -2.31. The minimum Gasteiger partial charge on any atom is -0.493 e. The predicted octanol–water partition coefficient (Wildman–Crippen LogP) is 3.49. The lowest BCUT2D eigenvalue weighted by Crippen LogP contribution is -2.52. The number of halogens is 4. The lowest BCUT2D eigenvalue weighted by atomic mass is 9.82. The second-order valence-electron chi connectivity index (χ2n) is 10.7. The van der Waals surface area contributed by atoms with Crippen molar-refractivity contribution < 1.29 is 46.5 Å². The van der Waals surface area contributed by atoms with E-state index in [-0.39, 0.29) is 46.6 Å². The number of ether oxygens (including phenoxy) is 3. The van der Waals surface area contributed by atoms with Gasteiger partial charge in [0.05, 0.1) is 25.5 Å². The molecule has 0 bridgehead atoms. The van der Waals surface area contributed by atoms with Crippen LogP contribution >= 0.6 is 0 Å². The Labute approximate surface area is 249 Å². The van der Waals surface area contributed by atoms with Crippen molar-refractivity contribution in [2.45, 2.75) is 43.1 Å². The zero-order valence-corrected chi connectivity index (χ0v) is 23.5. The van der Waals surface area contributed by atoms with E-state index in [1.54, 1.807) is 0 Å².